The van der Waals surface area contributed by atoms with Crippen LogP contribution in [0.2, 0.25) is 0 Å². The van der Waals surface area contributed by atoms with E-state index in [1.807, 2.05) is 0 Å². The van der Waals surface area contributed by atoms with Gasteiger partial charge < -0.3 is 15.0 Å². The number of ether oxygens (including phenoxy) is 1. The predicted molar refractivity (Wildman–Crippen MR) is 74.5 cm³/mol. The van der Waals surface area contributed by atoms with Crippen molar-refractivity contribution in [2.75, 3.05) is 6.61 Å². The molecule has 0 atom stereocenters. The fourth-order valence-electron chi connectivity index (χ4n) is 1.50. The summed E-state index contributed by atoms with van der Waals surface area (Å²) >= 11 is 1.33. The number of rotatable bonds is 6. The minimum Gasteiger partial charge on any atom is -0.452 e. The molecule has 0 spiro atoms. The van der Waals surface area contributed by atoms with Crippen LogP contribution in [0, 0.1) is 6.92 Å². The van der Waals surface area contributed by atoms with E-state index in [9.17, 15) is 9.59 Å². The molecule has 2 heterocycles. The molecule has 0 fully saturated rings. The van der Waals surface area contributed by atoms with Crippen LogP contribution in [0.5, 0.6) is 0 Å². The Balaban J connectivity index is 2.05. The molecule has 0 aliphatic carbocycles. The van der Waals surface area contributed by atoms with Crippen molar-refractivity contribution in [3.05, 3.63) is 41.4 Å². The first-order valence-corrected chi connectivity index (χ1v) is 7.00. The number of hydrogen-bond donors (Lipinski definition) is 1. The van der Waals surface area contributed by atoms with Crippen molar-refractivity contribution in [1.29, 1.82) is 0 Å². The quantitative estimate of drug-likeness (QED) is 0.633. The fraction of sp³-hybridized carbons (Fsp3) is 0.231. The number of aromatic nitrogens is 2. The molecular weight excluding hydrogens is 294 g/mol. The molecule has 0 radical (unpaired) electrons. The van der Waals surface area contributed by atoms with Crippen LogP contribution in [-0.4, -0.2) is 28.6 Å². The van der Waals surface area contributed by atoms with Gasteiger partial charge in [0.1, 0.15) is 10.8 Å². The van der Waals surface area contributed by atoms with E-state index in [0.717, 1.165) is 5.69 Å². The second-order valence-electron chi connectivity index (χ2n) is 4.12. The van der Waals surface area contributed by atoms with E-state index in [4.69, 9.17) is 15.0 Å². The number of nitrogens with zero attached hydrogens (tertiary/aromatic N) is 2. The van der Waals surface area contributed by atoms with Gasteiger partial charge in [-0.2, -0.15) is 0 Å². The van der Waals surface area contributed by atoms with Gasteiger partial charge in [0.2, 0.25) is 0 Å². The van der Waals surface area contributed by atoms with Crippen LogP contribution in [-0.2, 0) is 15.3 Å². The number of amides is 1. The van der Waals surface area contributed by atoms with Gasteiger partial charge in [-0.3, -0.25) is 4.79 Å². The Bertz CT molecular complexity index is 656. The lowest BCUT2D eigenvalue weighted by atomic mass is 10.3. The number of thioether (sulfide) groups is 1. The van der Waals surface area contributed by atoms with Gasteiger partial charge in [-0.25, -0.2) is 9.78 Å². The molecule has 2 aromatic heterocycles. The van der Waals surface area contributed by atoms with Crippen LogP contribution in [0.1, 0.15) is 21.8 Å². The molecule has 0 unspecified atom stereocenters. The number of nitrogens with two attached hydrogens (primary N) is 1. The summed E-state index contributed by atoms with van der Waals surface area (Å²) in [5, 5.41) is 4.36. The van der Waals surface area contributed by atoms with Crippen LogP contribution in [0.4, 0.5) is 0 Å². The van der Waals surface area contributed by atoms with Crippen molar-refractivity contribution in [2.45, 2.75) is 17.7 Å². The maximum Gasteiger partial charge on any atom is 0.341 e. The zero-order valence-corrected chi connectivity index (χ0v) is 12.1. The summed E-state index contributed by atoms with van der Waals surface area (Å²) in [7, 11) is 0. The number of hydrogen-bond acceptors (Lipinski definition) is 7. The lowest BCUT2D eigenvalue weighted by Gasteiger charge is -2.06. The zero-order valence-electron chi connectivity index (χ0n) is 11.2. The molecule has 0 aliphatic rings. The molecule has 0 saturated carbocycles. The molecule has 1 amide bonds. The SMILES string of the molecule is Cc1cc(CSc2ncccc2C(=O)OCC(N)=O)no1. The first kappa shape index (κ1) is 15.0. The zero-order chi connectivity index (χ0) is 15.2. The molecule has 2 aromatic rings. The second kappa shape index (κ2) is 6.89. The molecule has 0 aliphatic heterocycles. The first-order chi connectivity index (χ1) is 10.1. The molecule has 0 bridgehead atoms. The highest BCUT2D eigenvalue weighted by Crippen LogP contribution is 2.24. The molecule has 2 rings (SSSR count). The van der Waals surface area contributed by atoms with Gasteiger partial charge in [0, 0.05) is 18.0 Å². The fourth-order valence-corrected chi connectivity index (χ4v) is 2.37. The van der Waals surface area contributed by atoms with Crippen LogP contribution in [0.15, 0.2) is 33.9 Å². The highest BCUT2D eigenvalue weighted by Gasteiger charge is 2.15. The highest BCUT2D eigenvalue weighted by atomic mass is 32.2. The van der Waals surface area contributed by atoms with E-state index in [2.05, 4.69) is 10.1 Å². The monoisotopic (exact) mass is 307 g/mol. The van der Waals surface area contributed by atoms with E-state index in [1.54, 1.807) is 31.3 Å². The number of pyridine rings is 1. The number of carbonyl (C=O) groups is 2. The molecular formula is C13H13N3O4S. The molecule has 8 heteroatoms. The summed E-state index contributed by atoms with van der Waals surface area (Å²) in [6.45, 7) is 1.34. The highest BCUT2D eigenvalue weighted by molar-refractivity contribution is 7.98. The number of aryl methyl sites for hydroxylation is 1. The van der Waals surface area contributed by atoms with E-state index in [-0.39, 0.29) is 5.56 Å². The Morgan fingerprint density at radius 3 is 2.95 bits per heavy atom. The maximum absolute atomic E-state index is 11.9. The Morgan fingerprint density at radius 2 is 2.29 bits per heavy atom. The molecule has 0 aromatic carbocycles. The Kier molecular flexibility index (Phi) is 4.94. The van der Waals surface area contributed by atoms with Gasteiger partial charge in [0.15, 0.2) is 6.61 Å². The summed E-state index contributed by atoms with van der Waals surface area (Å²) in [6.07, 6.45) is 1.57. The van der Waals surface area contributed by atoms with Crippen molar-refractivity contribution < 1.29 is 18.8 Å². The van der Waals surface area contributed by atoms with Gasteiger partial charge in [0.05, 0.1) is 11.3 Å². The average Bonchev–Trinajstić information content (AvgIpc) is 2.88. The van der Waals surface area contributed by atoms with Crippen LogP contribution < -0.4 is 5.73 Å². The molecule has 110 valence electrons. The minimum absolute atomic E-state index is 0.281. The third kappa shape index (κ3) is 4.32. The lowest BCUT2D eigenvalue weighted by molar-refractivity contribution is -0.121. The van der Waals surface area contributed by atoms with Crippen molar-refractivity contribution in [3.63, 3.8) is 0 Å². The molecule has 21 heavy (non-hydrogen) atoms. The van der Waals surface area contributed by atoms with Crippen LogP contribution in [0.25, 0.3) is 0 Å². The van der Waals surface area contributed by atoms with E-state index < -0.39 is 18.5 Å². The van der Waals surface area contributed by atoms with E-state index >= 15 is 0 Å². The van der Waals surface area contributed by atoms with Gasteiger partial charge in [0.25, 0.3) is 5.91 Å². The predicted octanol–water partition coefficient (Wildman–Crippen LogP) is 1.31. The molecule has 0 saturated heterocycles. The number of carbonyl (C=O) groups excluding carboxylic acids is 2. The Hall–Kier alpha value is -2.35. The van der Waals surface area contributed by atoms with Crippen LogP contribution in [0.3, 0.4) is 0 Å². The Morgan fingerprint density at radius 1 is 1.48 bits per heavy atom. The second-order valence-corrected chi connectivity index (χ2v) is 5.08. The minimum atomic E-state index is -0.709. The summed E-state index contributed by atoms with van der Waals surface area (Å²) in [6, 6.07) is 5.00. The summed E-state index contributed by atoms with van der Waals surface area (Å²) in [4.78, 5) is 26.6. The third-order valence-corrected chi connectivity index (χ3v) is 3.41. The maximum atomic E-state index is 11.9. The number of esters is 1. The number of primary amides is 1. The molecule has 7 nitrogen and oxygen atoms in total. The largest absolute Gasteiger partial charge is 0.452 e. The van der Waals surface area contributed by atoms with Gasteiger partial charge in [-0.15, -0.1) is 0 Å². The third-order valence-electron chi connectivity index (χ3n) is 2.37. The van der Waals surface area contributed by atoms with Crippen molar-refractivity contribution in [3.8, 4) is 0 Å². The lowest BCUT2D eigenvalue weighted by Crippen LogP contribution is -2.21. The van der Waals surface area contributed by atoms with Crippen molar-refractivity contribution in [1.82, 2.24) is 10.1 Å². The summed E-state index contributed by atoms with van der Waals surface area (Å²) in [5.74, 6) is -0.127. The van der Waals surface area contributed by atoms with Crippen molar-refractivity contribution in [2.24, 2.45) is 5.73 Å². The van der Waals surface area contributed by atoms with Crippen LogP contribution >= 0.6 is 11.8 Å². The summed E-state index contributed by atoms with van der Waals surface area (Å²) in [5.41, 5.74) is 5.97. The molecule has 2 N–H and O–H groups in total. The topological polar surface area (TPSA) is 108 Å². The standard InChI is InChI=1S/C13H13N3O4S/c1-8-5-9(16-20-8)7-21-12-10(3-2-4-15-12)13(18)19-6-11(14)17/h2-5H,6-7H2,1H3,(H2,14,17). The smallest absolute Gasteiger partial charge is 0.341 e. The average molecular weight is 307 g/mol. The first-order valence-electron chi connectivity index (χ1n) is 6.01. The van der Waals surface area contributed by atoms with Gasteiger partial charge in [-0.1, -0.05) is 16.9 Å². The normalized spacial score (nSPS) is 10.3. The van der Waals surface area contributed by atoms with Crippen molar-refractivity contribution >= 4 is 23.6 Å². The van der Waals surface area contributed by atoms with E-state index in [1.165, 1.54) is 11.8 Å². The summed E-state index contributed by atoms with van der Waals surface area (Å²) < 4.78 is 9.75. The Labute approximate surface area is 124 Å². The van der Waals surface area contributed by atoms with Gasteiger partial charge >= 0.3 is 5.97 Å². The van der Waals surface area contributed by atoms with E-state index in [0.29, 0.717) is 16.5 Å². The van der Waals surface area contributed by atoms with Gasteiger partial charge in [-0.05, 0) is 19.1 Å².